The van der Waals surface area contributed by atoms with Gasteiger partial charge in [-0.2, -0.15) is 0 Å². The highest BCUT2D eigenvalue weighted by Gasteiger charge is 2.33. The molecule has 1 saturated heterocycles. The number of piperidine rings is 1. The molecule has 2 aliphatic rings. The summed E-state index contributed by atoms with van der Waals surface area (Å²) >= 11 is 4.57. The van der Waals surface area contributed by atoms with Gasteiger partial charge in [0.15, 0.2) is 0 Å². The van der Waals surface area contributed by atoms with E-state index < -0.39 is 0 Å². The minimum Gasteiger partial charge on any atom is -0.338 e. The molecule has 0 bridgehead atoms. The molecule has 2 fully saturated rings. The van der Waals surface area contributed by atoms with E-state index in [0.29, 0.717) is 5.92 Å². The number of hydrogen-bond acceptors (Lipinski definition) is 2. The number of rotatable bonds is 2. The van der Waals surface area contributed by atoms with Crippen LogP contribution in [0.3, 0.4) is 0 Å². The van der Waals surface area contributed by atoms with Gasteiger partial charge in [0.1, 0.15) is 0 Å². The van der Waals surface area contributed by atoms with E-state index in [0.717, 1.165) is 35.4 Å². The molecule has 0 spiro atoms. The first-order valence-electron chi connectivity index (χ1n) is 8.68. The van der Waals surface area contributed by atoms with Gasteiger partial charge >= 0.3 is 0 Å². The SMILES string of the molecule is CC(C)c1ccc(C(=O)N2CCC3CCCCC3C2)cc1S. The number of benzene rings is 1. The Bertz CT molecular complexity index is 554. The van der Waals surface area contributed by atoms with Gasteiger partial charge in [0.05, 0.1) is 0 Å². The second-order valence-electron chi connectivity index (χ2n) is 7.27. The summed E-state index contributed by atoms with van der Waals surface area (Å²) in [6.45, 7) is 6.19. The van der Waals surface area contributed by atoms with E-state index in [-0.39, 0.29) is 5.91 Å². The molecule has 120 valence electrons. The van der Waals surface area contributed by atoms with Gasteiger partial charge in [-0.05, 0) is 48.3 Å². The maximum atomic E-state index is 12.8. The Morgan fingerprint density at radius 2 is 1.91 bits per heavy atom. The Hall–Kier alpha value is -0.960. The summed E-state index contributed by atoms with van der Waals surface area (Å²) in [6.07, 6.45) is 6.59. The number of thiol groups is 1. The van der Waals surface area contributed by atoms with E-state index in [9.17, 15) is 4.79 Å². The van der Waals surface area contributed by atoms with Gasteiger partial charge in [0.2, 0.25) is 0 Å². The first-order chi connectivity index (χ1) is 10.6. The standard InChI is InChI=1S/C19H27NOS/c1-13(2)17-8-7-15(11-18(17)22)19(21)20-10-9-14-5-3-4-6-16(14)12-20/h7-8,11,13-14,16,22H,3-6,9-10,12H2,1-2H3. The van der Waals surface area contributed by atoms with Gasteiger partial charge in [-0.25, -0.2) is 0 Å². The predicted molar refractivity (Wildman–Crippen MR) is 93.8 cm³/mol. The summed E-state index contributed by atoms with van der Waals surface area (Å²) < 4.78 is 0. The molecule has 0 radical (unpaired) electrons. The Kier molecular flexibility index (Phi) is 4.82. The van der Waals surface area contributed by atoms with E-state index in [1.807, 2.05) is 12.1 Å². The summed E-state index contributed by atoms with van der Waals surface area (Å²) in [5, 5.41) is 0. The summed E-state index contributed by atoms with van der Waals surface area (Å²) in [6, 6.07) is 5.99. The minimum absolute atomic E-state index is 0.189. The quantitative estimate of drug-likeness (QED) is 0.780. The highest BCUT2D eigenvalue weighted by Crippen LogP contribution is 2.36. The molecule has 2 atom stereocenters. The Morgan fingerprint density at radius 1 is 1.18 bits per heavy atom. The zero-order valence-electron chi connectivity index (χ0n) is 13.7. The van der Waals surface area contributed by atoms with Crippen molar-refractivity contribution >= 4 is 18.5 Å². The van der Waals surface area contributed by atoms with Crippen molar-refractivity contribution in [2.75, 3.05) is 13.1 Å². The first kappa shape index (κ1) is 15.9. The van der Waals surface area contributed by atoms with Crippen LogP contribution in [0, 0.1) is 11.8 Å². The molecule has 2 nitrogen and oxygen atoms in total. The second-order valence-corrected chi connectivity index (χ2v) is 7.75. The summed E-state index contributed by atoms with van der Waals surface area (Å²) in [4.78, 5) is 15.8. The van der Waals surface area contributed by atoms with Crippen LogP contribution in [0.5, 0.6) is 0 Å². The molecule has 1 aliphatic carbocycles. The fourth-order valence-electron chi connectivity index (χ4n) is 4.13. The third kappa shape index (κ3) is 3.19. The van der Waals surface area contributed by atoms with Gasteiger partial charge < -0.3 is 4.90 Å². The molecule has 1 aromatic rings. The normalized spacial score (nSPS) is 25.2. The number of carbonyl (C=O) groups excluding carboxylic acids is 1. The van der Waals surface area contributed by atoms with Crippen LogP contribution in [0.4, 0.5) is 0 Å². The molecule has 3 rings (SSSR count). The van der Waals surface area contributed by atoms with E-state index in [1.165, 1.54) is 37.7 Å². The van der Waals surface area contributed by atoms with Gasteiger partial charge in [-0.15, -0.1) is 12.6 Å². The summed E-state index contributed by atoms with van der Waals surface area (Å²) in [7, 11) is 0. The summed E-state index contributed by atoms with van der Waals surface area (Å²) in [5.41, 5.74) is 2.01. The number of amides is 1. The molecule has 0 aromatic heterocycles. The van der Waals surface area contributed by atoms with Gasteiger partial charge in [-0.3, -0.25) is 4.79 Å². The van der Waals surface area contributed by atoms with Crippen molar-refractivity contribution in [1.82, 2.24) is 4.90 Å². The van der Waals surface area contributed by atoms with Gasteiger partial charge in [-0.1, -0.05) is 39.2 Å². The topological polar surface area (TPSA) is 20.3 Å². The molecule has 1 aliphatic heterocycles. The van der Waals surface area contributed by atoms with E-state index in [2.05, 4.69) is 37.4 Å². The van der Waals surface area contributed by atoms with E-state index >= 15 is 0 Å². The van der Waals surface area contributed by atoms with Crippen LogP contribution >= 0.6 is 12.6 Å². The molecule has 3 heteroatoms. The molecule has 0 N–H and O–H groups in total. The van der Waals surface area contributed by atoms with Gasteiger partial charge in [0, 0.05) is 23.5 Å². The van der Waals surface area contributed by atoms with Gasteiger partial charge in [0.25, 0.3) is 5.91 Å². The summed E-state index contributed by atoms with van der Waals surface area (Å²) in [5.74, 6) is 2.22. The van der Waals surface area contributed by atoms with Crippen LogP contribution in [0.1, 0.15) is 67.8 Å². The van der Waals surface area contributed by atoms with E-state index in [4.69, 9.17) is 0 Å². The Morgan fingerprint density at radius 3 is 2.59 bits per heavy atom. The highest BCUT2D eigenvalue weighted by molar-refractivity contribution is 7.80. The zero-order valence-corrected chi connectivity index (χ0v) is 14.6. The number of nitrogens with zero attached hydrogens (tertiary/aromatic N) is 1. The fourth-order valence-corrected chi connectivity index (χ4v) is 4.60. The molecule has 1 saturated carbocycles. The first-order valence-corrected chi connectivity index (χ1v) is 9.13. The van der Waals surface area contributed by atoms with Crippen molar-refractivity contribution < 1.29 is 4.79 Å². The number of hydrogen-bond donors (Lipinski definition) is 1. The lowest BCUT2D eigenvalue weighted by atomic mass is 9.75. The fraction of sp³-hybridized carbons (Fsp3) is 0.632. The van der Waals surface area contributed by atoms with Crippen LogP contribution in [0.2, 0.25) is 0 Å². The largest absolute Gasteiger partial charge is 0.338 e. The van der Waals surface area contributed by atoms with Crippen LogP contribution in [-0.2, 0) is 0 Å². The molecular formula is C19H27NOS. The molecule has 22 heavy (non-hydrogen) atoms. The van der Waals surface area contributed by atoms with E-state index in [1.54, 1.807) is 0 Å². The zero-order chi connectivity index (χ0) is 15.7. The average Bonchev–Trinajstić information content (AvgIpc) is 2.53. The highest BCUT2D eigenvalue weighted by atomic mass is 32.1. The monoisotopic (exact) mass is 317 g/mol. The van der Waals surface area contributed by atoms with Crippen LogP contribution < -0.4 is 0 Å². The molecule has 1 heterocycles. The molecule has 2 unspecified atom stereocenters. The Balaban J connectivity index is 1.72. The Labute approximate surface area is 139 Å². The van der Waals surface area contributed by atoms with Crippen molar-refractivity contribution in [3.05, 3.63) is 29.3 Å². The third-order valence-corrected chi connectivity index (χ3v) is 5.87. The number of likely N-dealkylation sites (tertiary alicyclic amines) is 1. The maximum Gasteiger partial charge on any atom is 0.253 e. The maximum absolute atomic E-state index is 12.8. The van der Waals surface area contributed by atoms with Crippen molar-refractivity contribution in [3.63, 3.8) is 0 Å². The van der Waals surface area contributed by atoms with Crippen LogP contribution in [0.25, 0.3) is 0 Å². The van der Waals surface area contributed by atoms with Crippen molar-refractivity contribution in [2.24, 2.45) is 11.8 Å². The number of carbonyl (C=O) groups is 1. The molecule has 1 aromatic carbocycles. The van der Waals surface area contributed by atoms with Crippen molar-refractivity contribution in [3.8, 4) is 0 Å². The smallest absolute Gasteiger partial charge is 0.253 e. The lowest BCUT2D eigenvalue weighted by molar-refractivity contribution is 0.0520. The lowest BCUT2D eigenvalue weighted by Gasteiger charge is -2.41. The average molecular weight is 317 g/mol. The lowest BCUT2D eigenvalue weighted by Crippen LogP contribution is -2.44. The minimum atomic E-state index is 0.189. The van der Waals surface area contributed by atoms with Crippen molar-refractivity contribution in [2.45, 2.75) is 56.8 Å². The molecule has 1 amide bonds. The van der Waals surface area contributed by atoms with Crippen molar-refractivity contribution in [1.29, 1.82) is 0 Å². The van der Waals surface area contributed by atoms with Crippen LogP contribution in [-0.4, -0.2) is 23.9 Å². The third-order valence-electron chi connectivity index (χ3n) is 5.48. The second kappa shape index (κ2) is 6.66. The number of fused-ring (bicyclic) bond motifs is 1. The molecular weight excluding hydrogens is 290 g/mol. The van der Waals surface area contributed by atoms with Crippen LogP contribution in [0.15, 0.2) is 23.1 Å². The predicted octanol–water partition coefficient (Wildman–Crippen LogP) is 4.75.